The summed E-state index contributed by atoms with van der Waals surface area (Å²) < 4.78 is 7.92. The zero-order chi connectivity index (χ0) is 18.1. The number of hydrogen-bond donors (Lipinski definition) is 0. The van der Waals surface area contributed by atoms with E-state index in [9.17, 15) is 4.79 Å². The van der Waals surface area contributed by atoms with Gasteiger partial charge in [-0.05, 0) is 5.56 Å². The van der Waals surface area contributed by atoms with Gasteiger partial charge in [0.2, 0.25) is 5.16 Å². The Morgan fingerprint density at radius 1 is 1.19 bits per heavy atom. The fourth-order valence-electron chi connectivity index (χ4n) is 2.60. The minimum Gasteiger partial charge on any atom is -0.469 e. The van der Waals surface area contributed by atoms with Gasteiger partial charge >= 0.3 is 5.97 Å². The topological polar surface area (TPSA) is 100 Å². The van der Waals surface area contributed by atoms with E-state index in [0.29, 0.717) is 27.8 Å². The Hall–Kier alpha value is -3.01. The van der Waals surface area contributed by atoms with Crippen molar-refractivity contribution >= 4 is 34.7 Å². The third kappa shape index (κ3) is 2.99. The number of carbonyl (C=O) groups is 1. The first-order valence-electron chi connectivity index (χ1n) is 7.84. The van der Waals surface area contributed by atoms with E-state index in [-0.39, 0.29) is 12.4 Å². The normalized spacial score (nSPS) is 11.3. The number of fused-ring (bicyclic) bond motifs is 3. The zero-order valence-corrected chi connectivity index (χ0v) is 15.0. The molecular formula is C16H15N7O2S. The van der Waals surface area contributed by atoms with Crippen molar-refractivity contribution in [2.45, 2.75) is 17.3 Å². The number of benzene rings is 1. The second-order valence-electron chi connectivity index (χ2n) is 5.58. The Kier molecular flexibility index (Phi) is 4.25. The molecule has 0 unspecified atom stereocenters. The molecule has 0 N–H and O–H groups in total. The zero-order valence-electron chi connectivity index (χ0n) is 14.2. The van der Waals surface area contributed by atoms with Crippen LogP contribution in [-0.4, -0.2) is 47.7 Å². The van der Waals surface area contributed by atoms with Gasteiger partial charge in [0.05, 0.1) is 13.5 Å². The van der Waals surface area contributed by atoms with Crippen LogP contribution in [0.2, 0.25) is 0 Å². The van der Waals surface area contributed by atoms with Crippen LogP contribution >= 0.6 is 11.8 Å². The average Bonchev–Trinajstić information content (AvgIpc) is 3.21. The third-order valence-corrected chi connectivity index (χ3v) is 4.73. The number of carbonyl (C=O) groups excluding carboxylic acids is 1. The average molecular weight is 369 g/mol. The van der Waals surface area contributed by atoms with E-state index in [0.717, 1.165) is 5.75 Å². The van der Waals surface area contributed by atoms with Crippen LogP contribution in [0.5, 0.6) is 0 Å². The lowest BCUT2D eigenvalue weighted by molar-refractivity contribution is -0.139. The molecule has 0 saturated heterocycles. The molecule has 0 amide bonds. The number of aryl methyl sites for hydroxylation is 1. The van der Waals surface area contributed by atoms with E-state index in [1.807, 2.05) is 18.2 Å². The summed E-state index contributed by atoms with van der Waals surface area (Å²) in [4.78, 5) is 16.0. The number of methoxy groups -OCH3 is 1. The van der Waals surface area contributed by atoms with Crippen molar-refractivity contribution < 1.29 is 9.53 Å². The molecule has 0 aliphatic heterocycles. The van der Waals surface area contributed by atoms with Crippen molar-refractivity contribution in [3.63, 3.8) is 0 Å². The second-order valence-corrected chi connectivity index (χ2v) is 6.52. The standard InChI is InChI=1S/C16H15N7O2S/c1-22-14-13(11(20-22)8-12(24)25-2)18-19-15-17-16(21-23(14)15)26-9-10-6-4-3-5-7-10/h3-7H,8-9H2,1-2H3. The van der Waals surface area contributed by atoms with E-state index in [1.165, 1.54) is 24.4 Å². The molecule has 132 valence electrons. The lowest BCUT2D eigenvalue weighted by atomic mass is 10.2. The Labute approximate surface area is 152 Å². The molecule has 0 radical (unpaired) electrons. The van der Waals surface area contributed by atoms with E-state index in [1.54, 1.807) is 16.2 Å². The molecule has 0 saturated carbocycles. The summed E-state index contributed by atoms with van der Waals surface area (Å²) in [5.74, 6) is 0.762. The number of aromatic nitrogens is 7. The summed E-state index contributed by atoms with van der Waals surface area (Å²) in [6.07, 6.45) is 0.0261. The van der Waals surface area contributed by atoms with E-state index in [4.69, 9.17) is 4.74 Å². The smallest absolute Gasteiger partial charge is 0.311 e. The number of hydrogen-bond acceptors (Lipinski definition) is 8. The highest BCUT2D eigenvalue weighted by Crippen LogP contribution is 2.22. The molecule has 4 aromatic rings. The summed E-state index contributed by atoms with van der Waals surface area (Å²) in [7, 11) is 3.10. The molecule has 0 aliphatic carbocycles. The van der Waals surface area contributed by atoms with Gasteiger partial charge in [-0.15, -0.1) is 15.3 Å². The molecule has 3 heterocycles. The Morgan fingerprint density at radius 3 is 2.77 bits per heavy atom. The molecule has 3 aromatic heterocycles. The molecular weight excluding hydrogens is 354 g/mol. The van der Waals surface area contributed by atoms with Crippen molar-refractivity contribution in [2.75, 3.05) is 7.11 Å². The van der Waals surface area contributed by atoms with Crippen molar-refractivity contribution in [1.82, 2.24) is 34.6 Å². The minimum atomic E-state index is -0.385. The van der Waals surface area contributed by atoms with Crippen LogP contribution in [0.25, 0.3) is 16.9 Å². The van der Waals surface area contributed by atoms with Gasteiger partial charge in [0, 0.05) is 12.8 Å². The molecule has 9 nitrogen and oxygen atoms in total. The first-order valence-corrected chi connectivity index (χ1v) is 8.83. The molecule has 0 fully saturated rings. The predicted molar refractivity (Wildman–Crippen MR) is 94.6 cm³/mol. The largest absolute Gasteiger partial charge is 0.469 e. The van der Waals surface area contributed by atoms with Crippen LogP contribution in [-0.2, 0) is 28.8 Å². The van der Waals surface area contributed by atoms with Crippen molar-refractivity contribution in [1.29, 1.82) is 0 Å². The Balaban J connectivity index is 1.69. The molecule has 0 bridgehead atoms. The van der Waals surface area contributed by atoms with E-state index < -0.39 is 0 Å². The first kappa shape index (κ1) is 16.5. The van der Waals surface area contributed by atoms with Gasteiger partial charge < -0.3 is 4.74 Å². The van der Waals surface area contributed by atoms with Crippen LogP contribution in [0.15, 0.2) is 35.5 Å². The van der Waals surface area contributed by atoms with E-state index >= 15 is 0 Å². The second kappa shape index (κ2) is 6.71. The molecule has 4 rings (SSSR count). The van der Waals surface area contributed by atoms with Gasteiger partial charge in [-0.25, -0.2) is 4.68 Å². The monoisotopic (exact) mass is 369 g/mol. The summed E-state index contributed by atoms with van der Waals surface area (Å²) >= 11 is 1.52. The molecule has 0 aliphatic rings. The number of rotatable bonds is 5. The van der Waals surface area contributed by atoms with Gasteiger partial charge in [0.1, 0.15) is 5.69 Å². The van der Waals surface area contributed by atoms with Crippen LogP contribution in [0.1, 0.15) is 11.3 Å². The summed E-state index contributed by atoms with van der Waals surface area (Å²) in [5, 5.41) is 17.8. The predicted octanol–water partition coefficient (Wildman–Crippen LogP) is 1.41. The summed E-state index contributed by atoms with van der Waals surface area (Å²) in [5.41, 5.74) is 2.83. The molecule has 0 atom stereocenters. The fourth-order valence-corrected chi connectivity index (χ4v) is 3.37. The maximum absolute atomic E-state index is 11.6. The molecule has 26 heavy (non-hydrogen) atoms. The highest BCUT2D eigenvalue weighted by Gasteiger charge is 2.19. The lowest BCUT2D eigenvalue weighted by Crippen LogP contribution is -2.06. The van der Waals surface area contributed by atoms with Gasteiger partial charge in [0.25, 0.3) is 5.78 Å². The van der Waals surface area contributed by atoms with E-state index in [2.05, 4.69) is 37.5 Å². The fraction of sp³-hybridized carbons (Fsp3) is 0.250. The Bertz CT molecular complexity index is 1090. The van der Waals surface area contributed by atoms with Crippen LogP contribution in [0.4, 0.5) is 0 Å². The molecule has 1 aromatic carbocycles. The minimum absolute atomic E-state index is 0.0261. The van der Waals surface area contributed by atoms with Crippen LogP contribution in [0.3, 0.4) is 0 Å². The maximum Gasteiger partial charge on any atom is 0.311 e. The third-order valence-electron chi connectivity index (χ3n) is 3.82. The number of nitrogens with zero attached hydrogens (tertiary/aromatic N) is 7. The maximum atomic E-state index is 11.6. The van der Waals surface area contributed by atoms with Gasteiger partial charge in [-0.3, -0.25) is 4.79 Å². The first-order chi connectivity index (χ1) is 12.7. The van der Waals surface area contributed by atoms with Gasteiger partial charge in [-0.2, -0.15) is 14.6 Å². The van der Waals surface area contributed by atoms with Crippen molar-refractivity contribution in [3.05, 3.63) is 41.6 Å². The Morgan fingerprint density at radius 2 is 2.00 bits per heavy atom. The SMILES string of the molecule is COC(=O)Cc1nn(C)c2c1nnc1nc(SCc3ccccc3)nn12. The van der Waals surface area contributed by atoms with Crippen LogP contribution in [0, 0.1) is 0 Å². The summed E-state index contributed by atoms with van der Waals surface area (Å²) in [6.45, 7) is 0. The summed E-state index contributed by atoms with van der Waals surface area (Å²) in [6, 6.07) is 10.1. The number of thioether (sulfide) groups is 1. The highest BCUT2D eigenvalue weighted by molar-refractivity contribution is 7.98. The number of ether oxygens (including phenoxy) is 1. The lowest BCUT2D eigenvalue weighted by Gasteiger charge is -1.97. The van der Waals surface area contributed by atoms with Crippen LogP contribution < -0.4 is 0 Å². The van der Waals surface area contributed by atoms with Gasteiger partial charge in [-0.1, -0.05) is 42.1 Å². The van der Waals surface area contributed by atoms with Crippen molar-refractivity contribution in [2.24, 2.45) is 7.05 Å². The van der Waals surface area contributed by atoms with Crippen molar-refractivity contribution in [3.8, 4) is 0 Å². The quantitative estimate of drug-likeness (QED) is 0.385. The molecule has 10 heteroatoms. The molecule has 0 spiro atoms. The van der Waals surface area contributed by atoms with Gasteiger partial charge in [0.15, 0.2) is 11.2 Å². The number of esters is 1. The highest BCUT2D eigenvalue weighted by atomic mass is 32.2.